The number of carbonyl (C=O) groups is 1. The Morgan fingerprint density at radius 3 is 2.55 bits per heavy atom. The second-order valence-corrected chi connectivity index (χ2v) is 5.33. The first-order chi connectivity index (χ1) is 9.56. The van der Waals surface area contributed by atoms with Crippen LogP contribution >= 0.6 is 15.9 Å². The molecule has 2 aromatic carbocycles. The van der Waals surface area contributed by atoms with Gasteiger partial charge in [-0.25, -0.2) is 4.79 Å². The van der Waals surface area contributed by atoms with Gasteiger partial charge in [-0.15, -0.1) is 0 Å². The molecule has 4 N–H and O–H groups in total. The van der Waals surface area contributed by atoms with Crippen molar-refractivity contribution in [3.8, 4) is 0 Å². The smallest absolute Gasteiger partial charge is 0.335 e. The van der Waals surface area contributed by atoms with E-state index in [1.54, 1.807) is 12.1 Å². The standard InChI is InChI=1S/C15H15BrN2O2/c16-12-4-1-10(2-5-12)7-8-18-14-9-11(15(19)20)3-6-13(14)17/h1-6,9,18H,7-8,17H2,(H,19,20). The fourth-order valence-corrected chi connectivity index (χ4v) is 2.10. The van der Waals surface area contributed by atoms with Crippen LogP contribution in [0.1, 0.15) is 15.9 Å². The van der Waals surface area contributed by atoms with Crippen molar-refractivity contribution in [3.05, 3.63) is 58.1 Å². The van der Waals surface area contributed by atoms with Crippen molar-refractivity contribution < 1.29 is 9.90 Å². The quantitative estimate of drug-likeness (QED) is 0.732. The Bertz CT molecular complexity index is 612. The maximum absolute atomic E-state index is 10.9. The van der Waals surface area contributed by atoms with Crippen molar-refractivity contribution in [3.63, 3.8) is 0 Å². The number of halogens is 1. The molecule has 0 bridgehead atoms. The van der Waals surface area contributed by atoms with E-state index in [1.807, 2.05) is 24.3 Å². The molecule has 104 valence electrons. The summed E-state index contributed by atoms with van der Waals surface area (Å²) >= 11 is 3.39. The minimum Gasteiger partial charge on any atom is -0.478 e. The molecule has 0 atom stereocenters. The Morgan fingerprint density at radius 1 is 1.20 bits per heavy atom. The molecular weight excluding hydrogens is 320 g/mol. The van der Waals surface area contributed by atoms with E-state index < -0.39 is 5.97 Å². The topological polar surface area (TPSA) is 75.4 Å². The van der Waals surface area contributed by atoms with Crippen molar-refractivity contribution in [2.45, 2.75) is 6.42 Å². The van der Waals surface area contributed by atoms with Crippen LogP contribution in [0.2, 0.25) is 0 Å². The number of carboxylic acid groups (broad SMARTS) is 1. The second-order valence-electron chi connectivity index (χ2n) is 4.41. The molecular formula is C15H15BrN2O2. The van der Waals surface area contributed by atoms with Crippen LogP contribution in [0, 0.1) is 0 Å². The number of nitrogens with one attached hydrogen (secondary N) is 1. The van der Waals surface area contributed by atoms with Crippen LogP contribution in [-0.4, -0.2) is 17.6 Å². The Hall–Kier alpha value is -2.01. The lowest BCUT2D eigenvalue weighted by molar-refractivity contribution is 0.0697. The highest BCUT2D eigenvalue weighted by molar-refractivity contribution is 9.10. The number of aromatic carboxylic acids is 1. The lowest BCUT2D eigenvalue weighted by Gasteiger charge is -2.10. The van der Waals surface area contributed by atoms with Crippen LogP contribution < -0.4 is 11.1 Å². The molecule has 0 saturated heterocycles. The van der Waals surface area contributed by atoms with Crippen LogP contribution in [0.25, 0.3) is 0 Å². The van der Waals surface area contributed by atoms with Gasteiger partial charge in [0.15, 0.2) is 0 Å². The van der Waals surface area contributed by atoms with Crippen molar-refractivity contribution in [1.29, 1.82) is 0 Å². The van der Waals surface area contributed by atoms with E-state index in [9.17, 15) is 4.79 Å². The predicted molar refractivity (Wildman–Crippen MR) is 84.1 cm³/mol. The van der Waals surface area contributed by atoms with Gasteiger partial charge in [0.05, 0.1) is 16.9 Å². The summed E-state index contributed by atoms with van der Waals surface area (Å²) in [5.74, 6) is -0.957. The van der Waals surface area contributed by atoms with Crippen molar-refractivity contribution in [2.24, 2.45) is 0 Å². The number of carboxylic acids is 1. The Kier molecular flexibility index (Phi) is 4.63. The van der Waals surface area contributed by atoms with E-state index in [4.69, 9.17) is 10.8 Å². The van der Waals surface area contributed by atoms with Crippen LogP contribution in [-0.2, 0) is 6.42 Å². The van der Waals surface area contributed by atoms with Gasteiger partial charge in [0.25, 0.3) is 0 Å². The third kappa shape index (κ3) is 3.74. The highest BCUT2D eigenvalue weighted by atomic mass is 79.9. The van der Waals surface area contributed by atoms with Crippen LogP contribution in [0.4, 0.5) is 11.4 Å². The molecule has 0 aliphatic rings. The molecule has 2 rings (SSSR count). The molecule has 0 amide bonds. The largest absolute Gasteiger partial charge is 0.478 e. The van der Waals surface area contributed by atoms with E-state index in [1.165, 1.54) is 11.6 Å². The fraction of sp³-hybridized carbons (Fsp3) is 0.133. The summed E-state index contributed by atoms with van der Waals surface area (Å²) in [5.41, 5.74) is 8.46. The summed E-state index contributed by atoms with van der Waals surface area (Å²) in [5, 5.41) is 12.1. The molecule has 0 aliphatic carbocycles. The Morgan fingerprint density at radius 2 is 1.90 bits per heavy atom. The van der Waals surface area contributed by atoms with Crippen molar-refractivity contribution >= 4 is 33.3 Å². The molecule has 0 aliphatic heterocycles. The van der Waals surface area contributed by atoms with Gasteiger partial charge >= 0.3 is 5.97 Å². The van der Waals surface area contributed by atoms with Crippen LogP contribution in [0.5, 0.6) is 0 Å². The lowest BCUT2D eigenvalue weighted by atomic mass is 10.1. The number of anilines is 2. The predicted octanol–water partition coefficient (Wildman–Crippen LogP) is 3.38. The van der Waals surface area contributed by atoms with Crippen molar-refractivity contribution in [2.75, 3.05) is 17.6 Å². The van der Waals surface area contributed by atoms with E-state index in [-0.39, 0.29) is 5.56 Å². The second kappa shape index (κ2) is 6.43. The zero-order valence-corrected chi connectivity index (χ0v) is 12.4. The summed E-state index contributed by atoms with van der Waals surface area (Å²) in [4.78, 5) is 10.9. The van der Waals surface area contributed by atoms with Crippen LogP contribution in [0.3, 0.4) is 0 Å². The monoisotopic (exact) mass is 334 g/mol. The molecule has 0 saturated carbocycles. The Balaban J connectivity index is 1.98. The van der Waals surface area contributed by atoms with Crippen LogP contribution in [0.15, 0.2) is 46.9 Å². The third-order valence-electron chi connectivity index (χ3n) is 2.94. The number of benzene rings is 2. The number of hydrogen-bond acceptors (Lipinski definition) is 3. The first-order valence-electron chi connectivity index (χ1n) is 6.17. The highest BCUT2D eigenvalue weighted by Gasteiger charge is 2.06. The van der Waals surface area contributed by atoms with Gasteiger partial charge in [0.1, 0.15) is 0 Å². The van der Waals surface area contributed by atoms with E-state index >= 15 is 0 Å². The van der Waals surface area contributed by atoms with Gasteiger partial charge in [-0.05, 0) is 42.3 Å². The van der Waals surface area contributed by atoms with Gasteiger partial charge in [0.2, 0.25) is 0 Å². The maximum atomic E-state index is 10.9. The lowest BCUT2D eigenvalue weighted by Crippen LogP contribution is -2.08. The summed E-state index contributed by atoms with van der Waals surface area (Å²) < 4.78 is 1.05. The minimum atomic E-state index is -0.957. The van der Waals surface area contributed by atoms with Gasteiger partial charge < -0.3 is 16.2 Å². The van der Waals surface area contributed by atoms with Gasteiger partial charge in [0, 0.05) is 11.0 Å². The average Bonchev–Trinajstić information content (AvgIpc) is 2.43. The van der Waals surface area contributed by atoms with Crippen molar-refractivity contribution in [1.82, 2.24) is 0 Å². The normalized spacial score (nSPS) is 10.2. The summed E-state index contributed by atoms with van der Waals surface area (Å²) in [6.45, 7) is 0.689. The first kappa shape index (κ1) is 14.4. The molecule has 0 aromatic heterocycles. The molecule has 0 spiro atoms. The number of hydrogen-bond donors (Lipinski definition) is 3. The zero-order valence-electron chi connectivity index (χ0n) is 10.8. The summed E-state index contributed by atoms with van der Waals surface area (Å²) in [6, 6.07) is 12.7. The third-order valence-corrected chi connectivity index (χ3v) is 3.47. The van der Waals surface area contributed by atoms with E-state index in [0.29, 0.717) is 17.9 Å². The fourth-order valence-electron chi connectivity index (χ4n) is 1.83. The van der Waals surface area contributed by atoms with Gasteiger partial charge in [-0.1, -0.05) is 28.1 Å². The van der Waals surface area contributed by atoms with E-state index in [2.05, 4.69) is 21.2 Å². The molecule has 0 heterocycles. The number of nitrogens with two attached hydrogens (primary N) is 1. The SMILES string of the molecule is Nc1ccc(C(=O)O)cc1NCCc1ccc(Br)cc1. The van der Waals surface area contributed by atoms with Gasteiger partial charge in [-0.3, -0.25) is 0 Å². The average molecular weight is 335 g/mol. The maximum Gasteiger partial charge on any atom is 0.335 e. The van der Waals surface area contributed by atoms with E-state index in [0.717, 1.165) is 10.9 Å². The Labute approximate surface area is 125 Å². The number of rotatable bonds is 5. The number of nitrogen functional groups attached to an aromatic ring is 1. The molecule has 2 aromatic rings. The molecule has 0 unspecified atom stereocenters. The molecule has 0 fully saturated rings. The minimum absolute atomic E-state index is 0.227. The van der Waals surface area contributed by atoms with Gasteiger partial charge in [-0.2, -0.15) is 0 Å². The molecule has 4 nitrogen and oxygen atoms in total. The summed E-state index contributed by atoms with van der Waals surface area (Å²) in [7, 11) is 0. The summed E-state index contributed by atoms with van der Waals surface area (Å²) in [6.07, 6.45) is 0.837. The first-order valence-corrected chi connectivity index (χ1v) is 6.96. The molecule has 20 heavy (non-hydrogen) atoms. The highest BCUT2D eigenvalue weighted by Crippen LogP contribution is 2.20. The molecule has 0 radical (unpaired) electrons. The molecule has 5 heteroatoms. The zero-order chi connectivity index (χ0) is 14.5.